The molecule has 6 nitrogen and oxygen atoms in total. The highest BCUT2D eigenvalue weighted by molar-refractivity contribution is 7.88. The molecule has 0 aliphatic carbocycles. The normalized spacial score (nSPS) is 18.6. The second-order valence-corrected chi connectivity index (χ2v) is 7.39. The van der Waals surface area contributed by atoms with Crippen molar-refractivity contribution in [2.75, 3.05) is 31.7 Å². The van der Waals surface area contributed by atoms with Crippen LogP contribution in [-0.2, 0) is 16.2 Å². The zero-order valence-corrected chi connectivity index (χ0v) is 13.4. The Morgan fingerprint density at radius 2 is 1.82 bits per heavy atom. The minimum absolute atomic E-state index is 0.0561. The van der Waals surface area contributed by atoms with Crippen molar-refractivity contribution in [3.63, 3.8) is 0 Å². The molecule has 1 aliphatic rings. The largest absolute Gasteiger partial charge is 0.435 e. The van der Waals surface area contributed by atoms with E-state index in [1.807, 2.05) is 0 Å². The lowest BCUT2D eigenvalue weighted by Gasteiger charge is -2.31. The number of aromatic nitrogens is 2. The van der Waals surface area contributed by atoms with Crippen LogP contribution in [0.2, 0.25) is 0 Å². The standard InChI is InChI=1S/C12H19F3N4O2S/c1-8-10(12(13,14)15)17-19(11(8)16-2)9-4-6-18(7-5-9)22(3,20)21/h9,16H,4-7H2,1-3H3. The van der Waals surface area contributed by atoms with Gasteiger partial charge in [0, 0.05) is 25.7 Å². The van der Waals surface area contributed by atoms with Gasteiger partial charge in [0.2, 0.25) is 10.0 Å². The summed E-state index contributed by atoms with van der Waals surface area (Å²) in [6.07, 6.45) is -2.51. The molecule has 0 aromatic carbocycles. The van der Waals surface area contributed by atoms with E-state index in [-0.39, 0.29) is 24.7 Å². The fourth-order valence-electron chi connectivity index (χ4n) is 2.77. The van der Waals surface area contributed by atoms with Gasteiger partial charge in [-0.25, -0.2) is 17.4 Å². The lowest BCUT2D eigenvalue weighted by Crippen LogP contribution is -2.38. The van der Waals surface area contributed by atoms with Crippen molar-refractivity contribution in [3.8, 4) is 0 Å². The van der Waals surface area contributed by atoms with Crippen molar-refractivity contribution in [1.82, 2.24) is 14.1 Å². The van der Waals surface area contributed by atoms with E-state index in [9.17, 15) is 21.6 Å². The fraction of sp³-hybridized carbons (Fsp3) is 0.750. The van der Waals surface area contributed by atoms with Gasteiger partial charge in [-0.05, 0) is 19.8 Å². The molecule has 1 aromatic heterocycles. The molecule has 0 radical (unpaired) electrons. The van der Waals surface area contributed by atoms with Gasteiger partial charge >= 0.3 is 6.18 Å². The Kier molecular flexibility index (Phi) is 4.44. The van der Waals surface area contributed by atoms with Crippen LogP contribution in [0.5, 0.6) is 0 Å². The Morgan fingerprint density at radius 1 is 1.27 bits per heavy atom. The molecule has 1 N–H and O–H groups in total. The third-order valence-corrected chi connectivity index (χ3v) is 5.19. The summed E-state index contributed by atoms with van der Waals surface area (Å²) in [6, 6.07) is -0.254. The maximum absolute atomic E-state index is 13.0. The summed E-state index contributed by atoms with van der Waals surface area (Å²) in [5.74, 6) is 0.324. The van der Waals surface area contributed by atoms with Crippen molar-refractivity contribution in [1.29, 1.82) is 0 Å². The molecule has 1 aliphatic heterocycles. The number of piperidine rings is 1. The van der Waals surface area contributed by atoms with Crippen LogP contribution >= 0.6 is 0 Å². The first-order chi connectivity index (χ1) is 10.1. The maximum atomic E-state index is 13.0. The van der Waals surface area contributed by atoms with Crippen LogP contribution in [0.3, 0.4) is 0 Å². The van der Waals surface area contributed by atoms with Crippen LogP contribution in [0.4, 0.5) is 19.0 Å². The Balaban J connectivity index is 2.27. The molecular formula is C12H19F3N4O2S. The molecule has 2 rings (SSSR count). The predicted molar refractivity (Wildman–Crippen MR) is 76.2 cm³/mol. The molecule has 0 bridgehead atoms. The Labute approximate surface area is 127 Å². The first-order valence-corrected chi connectivity index (χ1v) is 8.69. The van der Waals surface area contributed by atoms with Gasteiger partial charge in [0.15, 0.2) is 5.69 Å². The minimum Gasteiger partial charge on any atom is -0.373 e. The highest BCUT2D eigenvalue weighted by atomic mass is 32.2. The third kappa shape index (κ3) is 3.22. The Bertz CT molecular complexity index is 646. The molecule has 10 heteroatoms. The number of anilines is 1. The van der Waals surface area contributed by atoms with E-state index in [2.05, 4.69) is 10.4 Å². The molecule has 126 valence electrons. The van der Waals surface area contributed by atoms with E-state index in [1.54, 1.807) is 7.05 Å². The summed E-state index contributed by atoms with van der Waals surface area (Å²) < 4.78 is 64.6. The second kappa shape index (κ2) is 5.73. The maximum Gasteiger partial charge on any atom is 0.435 e. The molecule has 0 atom stereocenters. The highest BCUT2D eigenvalue weighted by Crippen LogP contribution is 2.36. The molecule has 0 saturated carbocycles. The number of alkyl halides is 3. The molecule has 1 aromatic rings. The topological polar surface area (TPSA) is 67.2 Å². The van der Waals surface area contributed by atoms with Gasteiger partial charge in [-0.15, -0.1) is 0 Å². The summed E-state index contributed by atoms with van der Waals surface area (Å²) in [7, 11) is -1.72. The molecule has 0 spiro atoms. The van der Waals surface area contributed by atoms with Crippen LogP contribution in [0.25, 0.3) is 0 Å². The number of sulfonamides is 1. The molecule has 2 heterocycles. The second-order valence-electron chi connectivity index (χ2n) is 5.41. The average molecular weight is 340 g/mol. The van der Waals surface area contributed by atoms with Crippen molar-refractivity contribution in [2.24, 2.45) is 0 Å². The minimum atomic E-state index is -4.51. The quantitative estimate of drug-likeness (QED) is 0.912. The lowest BCUT2D eigenvalue weighted by molar-refractivity contribution is -0.142. The number of nitrogens with zero attached hydrogens (tertiary/aromatic N) is 3. The Hall–Kier alpha value is -1.29. The first-order valence-electron chi connectivity index (χ1n) is 6.85. The fourth-order valence-corrected chi connectivity index (χ4v) is 3.64. The molecule has 0 amide bonds. The van der Waals surface area contributed by atoms with E-state index in [1.165, 1.54) is 15.9 Å². The highest BCUT2D eigenvalue weighted by Gasteiger charge is 2.39. The Morgan fingerprint density at radius 3 is 2.23 bits per heavy atom. The van der Waals surface area contributed by atoms with Gasteiger partial charge in [0.05, 0.1) is 12.3 Å². The average Bonchev–Trinajstić information content (AvgIpc) is 2.74. The molecular weight excluding hydrogens is 321 g/mol. The van der Waals surface area contributed by atoms with Crippen LogP contribution in [0.1, 0.15) is 30.1 Å². The molecule has 1 saturated heterocycles. The van der Waals surface area contributed by atoms with E-state index in [0.29, 0.717) is 18.7 Å². The van der Waals surface area contributed by atoms with Gasteiger partial charge < -0.3 is 5.32 Å². The zero-order valence-electron chi connectivity index (χ0n) is 12.6. The molecule has 1 fully saturated rings. The van der Waals surface area contributed by atoms with Crippen molar-refractivity contribution < 1.29 is 21.6 Å². The number of hydrogen-bond acceptors (Lipinski definition) is 4. The van der Waals surface area contributed by atoms with Crippen molar-refractivity contribution in [3.05, 3.63) is 11.3 Å². The van der Waals surface area contributed by atoms with Crippen LogP contribution in [-0.4, -0.2) is 48.9 Å². The van der Waals surface area contributed by atoms with Crippen LogP contribution in [0, 0.1) is 6.92 Å². The van der Waals surface area contributed by atoms with E-state index in [0.717, 1.165) is 6.26 Å². The predicted octanol–water partition coefficient (Wildman–Crippen LogP) is 1.85. The van der Waals surface area contributed by atoms with Gasteiger partial charge in [0.1, 0.15) is 5.82 Å². The number of hydrogen-bond donors (Lipinski definition) is 1. The summed E-state index contributed by atoms with van der Waals surface area (Å²) in [5.41, 5.74) is -0.845. The van der Waals surface area contributed by atoms with Gasteiger partial charge in [-0.1, -0.05) is 0 Å². The van der Waals surface area contributed by atoms with Crippen LogP contribution < -0.4 is 5.32 Å². The van der Waals surface area contributed by atoms with Crippen molar-refractivity contribution in [2.45, 2.75) is 32.0 Å². The summed E-state index contributed by atoms with van der Waals surface area (Å²) in [6.45, 7) is 1.95. The first kappa shape index (κ1) is 17.1. The molecule has 0 unspecified atom stereocenters. The SMILES string of the molecule is CNc1c(C)c(C(F)(F)F)nn1C1CCN(S(C)(=O)=O)CC1. The zero-order chi connectivity index (χ0) is 16.7. The third-order valence-electron chi connectivity index (χ3n) is 3.89. The monoisotopic (exact) mass is 340 g/mol. The van der Waals surface area contributed by atoms with Gasteiger partial charge in [0.25, 0.3) is 0 Å². The number of nitrogens with one attached hydrogen (secondary N) is 1. The smallest absolute Gasteiger partial charge is 0.373 e. The lowest BCUT2D eigenvalue weighted by atomic mass is 10.1. The van der Waals surface area contributed by atoms with E-state index >= 15 is 0 Å². The summed E-state index contributed by atoms with van der Waals surface area (Å²) >= 11 is 0. The summed E-state index contributed by atoms with van der Waals surface area (Å²) in [5, 5.41) is 6.49. The van der Waals surface area contributed by atoms with E-state index < -0.39 is 21.9 Å². The van der Waals surface area contributed by atoms with Gasteiger partial charge in [-0.2, -0.15) is 18.3 Å². The van der Waals surface area contributed by atoms with Gasteiger partial charge in [-0.3, -0.25) is 0 Å². The molecule has 22 heavy (non-hydrogen) atoms. The van der Waals surface area contributed by atoms with Crippen LogP contribution in [0.15, 0.2) is 0 Å². The number of halogens is 3. The number of rotatable bonds is 3. The van der Waals surface area contributed by atoms with E-state index in [4.69, 9.17) is 0 Å². The van der Waals surface area contributed by atoms with Crippen molar-refractivity contribution >= 4 is 15.8 Å². The summed E-state index contributed by atoms with van der Waals surface area (Å²) in [4.78, 5) is 0.